The predicted molar refractivity (Wildman–Crippen MR) is 84.8 cm³/mol. The minimum absolute atomic E-state index is 0.186. The molecule has 0 aliphatic carbocycles. The van der Waals surface area contributed by atoms with Crippen molar-refractivity contribution < 1.29 is 8.42 Å². The molecule has 3 N–H and O–H groups in total. The zero-order valence-electron chi connectivity index (χ0n) is 11.7. The second kappa shape index (κ2) is 6.26. The number of hydrogen-bond acceptors (Lipinski definition) is 5. The molecule has 7 heteroatoms. The van der Waals surface area contributed by atoms with Crippen LogP contribution in [0.2, 0.25) is 0 Å². The highest BCUT2D eigenvalue weighted by atomic mass is 32.2. The molecule has 0 aliphatic heterocycles. The summed E-state index contributed by atoms with van der Waals surface area (Å²) in [5.41, 5.74) is 7.66. The fourth-order valence-electron chi connectivity index (χ4n) is 1.66. The average molecular weight is 321 g/mol. The molecule has 21 heavy (non-hydrogen) atoms. The zero-order valence-corrected chi connectivity index (χ0v) is 13.3. The van der Waals surface area contributed by atoms with E-state index >= 15 is 0 Å². The van der Waals surface area contributed by atoms with Crippen molar-refractivity contribution in [1.82, 2.24) is 4.98 Å². The van der Waals surface area contributed by atoms with Crippen molar-refractivity contribution in [1.29, 1.82) is 0 Å². The molecule has 0 spiro atoms. The van der Waals surface area contributed by atoms with Gasteiger partial charge in [-0.2, -0.15) is 0 Å². The van der Waals surface area contributed by atoms with Crippen LogP contribution in [0.3, 0.4) is 0 Å². The summed E-state index contributed by atoms with van der Waals surface area (Å²) >= 11 is 1.25. The molecule has 0 radical (unpaired) electrons. The van der Waals surface area contributed by atoms with Gasteiger partial charge in [0, 0.05) is 10.9 Å². The monoisotopic (exact) mass is 321 g/mol. The lowest BCUT2D eigenvalue weighted by Crippen LogP contribution is -2.13. The van der Waals surface area contributed by atoms with Crippen molar-refractivity contribution in [3.63, 3.8) is 0 Å². The van der Waals surface area contributed by atoms with Gasteiger partial charge in [-0.15, -0.1) is 11.3 Å². The largest absolute Gasteiger partial charge is 0.320 e. The zero-order chi connectivity index (χ0) is 15.5. The lowest BCUT2D eigenvalue weighted by Gasteiger charge is -2.07. The number of thiazole rings is 1. The Morgan fingerprint density at radius 3 is 2.71 bits per heavy atom. The second-order valence-corrected chi connectivity index (χ2v) is 6.92. The fraction of sp³-hybridized carbons (Fsp3) is 0.214. The fourth-order valence-corrected chi connectivity index (χ4v) is 3.69. The van der Waals surface area contributed by atoms with Crippen LogP contribution in [0.5, 0.6) is 0 Å². The Morgan fingerprint density at radius 1 is 1.38 bits per heavy atom. The quantitative estimate of drug-likeness (QED) is 0.845. The maximum atomic E-state index is 12.3. The van der Waals surface area contributed by atoms with Crippen molar-refractivity contribution in [3.8, 4) is 11.8 Å². The van der Waals surface area contributed by atoms with Crippen molar-refractivity contribution in [2.24, 2.45) is 5.73 Å². The number of hydrogen-bond donors (Lipinski definition) is 2. The normalized spacial score (nSPS) is 10.8. The lowest BCUT2D eigenvalue weighted by atomic mass is 10.1. The number of nitrogens with zero attached hydrogens (tertiary/aromatic N) is 1. The number of sulfonamides is 1. The summed E-state index contributed by atoms with van der Waals surface area (Å²) in [5, 5.41) is 2.14. The van der Waals surface area contributed by atoms with E-state index < -0.39 is 10.0 Å². The highest BCUT2D eigenvalue weighted by Crippen LogP contribution is 2.21. The summed E-state index contributed by atoms with van der Waals surface area (Å²) in [7, 11) is -3.63. The Kier molecular flexibility index (Phi) is 4.63. The van der Waals surface area contributed by atoms with E-state index in [1.165, 1.54) is 17.4 Å². The molecule has 1 aromatic heterocycles. The third kappa shape index (κ3) is 3.82. The average Bonchev–Trinajstić information content (AvgIpc) is 2.82. The summed E-state index contributed by atoms with van der Waals surface area (Å²) < 4.78 is 27.0. The van der Waals surface area contributed by atoms with E-state index in [2.05, 4.69) is 21.5 Å². The predicted octanol–water partition coefficient (Wildman–Crippen LogP) is 1.87. The number of anilines is 1. The molecular formula is C14H15N3O2S2. The Balaban J connectivity index is 2.30. The minimum atomic E-state index is -3.63. The van der Waals surface area contributed by atoms with Crippen LogP contribution in [-0.2, 0) is 10.0 Å². The number of aromatic nitrogens is 1. The van der Waals surface area contributed by atoms with Gasteiger partial charge in [-0.05, 0) is 37.6 Å². The molecule has 2 aromatic rings. The van der Waals surface area contributed by atoms with Gasteiger partial charge >= 0.3 is 0 Å². The topological polar surface area (TPSA) is 85.1 Å². The first-order valence-corrected chi connectivity index (χ1v) is 8.53. The molecule has 0 amide bonds. The van der Waals surface area contributed by atoms with Gasteiger partial charge in [0.2, 0.25) is 0 Å². The molecular weight excluding hydrogens is 306 g/mol. The number of rotatable bonds is 3. The van der Waals surface area contributed by atoms with Crippen LogP contribution in [0.1, 0.15) is 16.8 Å². The molecule has 0 atom stereocenters. The van der Waals surface area contributed by atoms with E-state index in [9.17, 15) is 8.42 Å². The SMILES string of the molecule is Cc1csc(NS(=O)(=O)c2ccc(C#CCN)c(C)c2)n1. The van der Waals surface area contributed by atoms with Crippen LogP contribution >= 0.6 is 11.3 Å². The van der Waals surface area contributed by atoms with Crippen LogP contribution < -0.4 is 10.5 Å². The van der Waals surface area contributed by atoms with Gasteiger partial charge < -0.3 is 5.73 Å². The van der Waals surface area contributed by atoms with Crippen molar-refractivity contribution in [2.45, 2.75) is 18.7 Å². The third-order valence-corrected chi connectivity index (χ3v) is 5.02. The number of aryl methyl sites for hydroxylation is 2. The summed E-state index contributed by atoms with van der Waals surface area (Å²) in [6.07, 6.45) is 0. The molecule has 0 saturated carbocycles. The first-order valence-electron chi connectivity index (χ1n) is 6.17. The van der Waals surface area contributed by atoms with Crippen LogP contribution in [0, 0.1) is 25.7 Å². The number of nitrogens with one attached hydrogen (secondary N) is 1. The third-order valence-electron chi connectivity index (χ3n) is 2.67. The van der Waals surface area contributed by atoms with Crippen molar-refractivity contribution in [2.75, 3.05) is 11.3 Å². The maximum Gasteiger partial charge on any atom is 0.263 e. The molecule has 0 fully saturated rings. The van der Waals surface area contributed by atoms with Gasteiger partial charge in [-0.1, -0.05) is 11.8 Å². The molecule has 0 bridgehead atoms. The van der Waals surface area contributed by atoms with Gasteiger partial charge in [0.05, 0.1) is 17.1 Å². The van der Waals surface area contributed by atoms with Gasteiger partial charge in [0.1, 0.15) is 0 Å². The standard InChI is InChI=1S/C14H15N3O2S2/c1-10-8-13(6-5-12(10)4-3-7-15)21(18,19)17-14-16-11(2)9-20-14/h5-6,8-9H,7,15H2,1-2H3,(H,16,17). The van der Waals surface area contributed by atoms with E-state index in [-0.39, 0.29) is 11.4 Å². The molecule has 0 saturated heterocycles. The van der Waals surface area contributed by atoms with Crippen LogP contribution in [0.25, 0.3) is 0 Å². The van der Waals surface area contributed by atoms with Crippen LogP contribution in [0.15, 0.2) is 28.5 Å². The van der Waals surface area contributed by atoms with Crippen molar-refractivity contribution in [3.05, 3.63) is 40.4 Å². The molecule has 1 aromatic carbocycles. The van der Waals surface area contributed by atoms with E-state index in [0.717, 1.165) is 16.8 Å². The van der Waals surface area contributed by atoms with Crippen LogP contribution in [-0.4, -0.2) is 19.9 Å². The molecule has 110 valence electrons. The molecule has 5 nitrogen and oxygen atoms in total. The maximum absolute atomic E-state index is 12.3. The first kappa shape index (κ1) is 15.5. The van der Waals surface area contributed by atoms with Gasteiger partial charge in [-0.25, -0.2) is 13.4 Å². The Labute approximate surface area is 128 Å². The van der Waals surface area contributed by atoms with E-state index in [4.69, 9.17) is 5.73 Å². The Bertz CT molecular complexity index is 814. The Hall–Kier alpha value is -1.88. The smallest absolute Gasteiger partial charge is 0.263 e. The summed E-state index contributed by atoms with van der Waals surface area (Å²) in [5.74, 6) is 5.65. The highest BCUT2D eigenvalue weighted by molar-refractivity contribution is 7.93. The molecule has 0 aliphatic rings. The highest BCUT2D eigenvalue weighted by Gasteiger charge is 2.16. The second-order valence-electron chi connectivity index (χ2n) is 4.38. The molecule has 0 unspecified atom stereocenters. The molecule has 1 heterocycles. The van der Waals surface area contributed by atoms with Gasteiger partial charge in [0.25, 0.3) is 10.0 Å². The van der Waals surface area contributed by atoms with Crippen molar-refractivity contribution >= 4 is 26.5 Å². The number of nitrogens with two attached hydrogens (primary N) is 1. The summed E-state index contributed by atoms with van der Waals surface area (Å²) in [6.45, 7) is 3.89. The van der Waals surface area contributed by atoms with E-state index in [1.807, 2.05) is 13.8 Å². The van der Waals surface area contributed by atoms with E-state index in [1.54, 1.807) is 17.5 Å². The Morgan fingerprint density at radius 2 is 2.14 bits per heavy atom. The minimum Gasteiger partial charge on any atom is -0.320 e. The lowest BCUT2D eigenvalue weighted by molar-refractivity contribution is 0.601. The summed E-state index contributed by atoms with van der Waals surface area (Å²) in [6, 6.07) is 4.79. The number of benzene rings is 1. The first-order chi connectivity index (χ1) is 9.92. The molecule has 2 rings (SSSR count). The van der Waals surface area contributed by atoms with Gasteiger partial charge in [-0.3, -0.25) is 4.72 Å². The van der Waals surface area contributed by atoms with Crippen LogP contribution in [0.4, 0.5) is 5.13 Å². The summed E-state index contributed by atoms with van der Waals surface area (Å²) in [4.78, 5) is 4.28. The van der Waals surface area contributed by atoms with Gasteiger partial charge in [0.15, 0.2) is 5.13 Å². The van der Waals surface area contributed by atoms with E-state index in [0.29, 0.717) is 5.13 Å².